The Labute approximate surface area is 260 Å². The van der Waals surface area contributed by atoms with Gasteiger partial charge in [-0.2, -0.15) is 0 Å². The summed E-state index contributed by atoms with van der Waals surface area (Å²) in [6.07, 6.45) is 2.86. The summed E-state index contributed by atoms with van der Waals surface area (Å²) in [5.74, 6) is 0.964. The molecule has 3 amide bonds. The van der Waals surface area contributed by atoms with Crippen molar-refractivity contribution in [2.75, 3.05) is 57.3 Å². The monoisotopic (exact) mass is 608 g/mol. The van der Waals surface area contributed by atoms with E-state index in [4.69, 9.17) is 11.6 Å². The van der Waals surface area contributed by atoms with Gasteiger partial charge in [-0.05, 0) is 68.6 Å². The highest BCUT2D eigenvalue weighted by molar-refractivity contribution is 6.31. The van der Waals surface area contributed by atoms with Gasteiger partial charge in [0.25, 0.3) is 5.91 Å². The quantitative estimate of drug-likeness (QED) is 0.464. The average Bonchev–Trinajstić information content (AvgIpc) is 3.51. The van der Waals surface area contributed by atoms with Crippen LogP contribution in [-0.2, 0) is 9.59 Å². The van der Waals surface area contributed by atoms with Crippen molar-refractivity contribution >= 4 is 35.0 Å². The summed E-state index contributed by atoms with van der Waals surface area (Å²) >= 11 is 6.53. The van der Waals surface area contributed by atoms with Crippen molar-refractivity contribution in [1.82, 2.24) is 24.7 Å². The molecule has 43 heavy (non-hydrogen) atoms. The molecule has 0 radical (unpaired) electrons. The molecular weight excluding hydrogens is 564 g/mol. The zero-order valence-corrected chi connectivity index (χ0v) is 27.2. The highest BCUT2D eigenvalue weighted by Crippen LogP contribution is 2.36. The molecule has 3 fully saturated rings. The van der Waals surface area contributed by atoms with Crippen molar-refractivity contribution in [3.63, 3.8) is 0 Å². The summed E-state index contributed by atoms with van der Waals surface area (Å²) in [7, 11) is 0. The van der Waals surface area contributed by atoms with E-state index in [-0.39, 0.29) is 29.1 Å². The van der Waals surface area contributed by atoms with Gasteiger partial charge in [0, 0.05) is 75.9 Å². The molecular formula is C33H45ClN6O3. The predicted octanol–water partition coefficient (Wildman–Crippen LogP) is 4.38. The van der Waals surface area contributed by atoms with E-state index in [2.05, 4.69) is 28.7 Å². The first kappa shape index (κ1) is 31.4. The van der Waals surface area contributed by atoms with Gasteiger partial charge in [0.05, 0.1) is 17.0 Å². The number of halogens is 1. The van der Waals surface area contributed by atoms with E-state index in [1.54, 1.807) is 6.92 Å². The summed E-state index contributed by atoms with van der Waals surface area (Å²) in [4.78, 5) is 56.0. The Morgan fingerprint density at radius 3 is 2.12 bits per heavy atom. The van der Waals surface area contributed by atoms with Gasteiger partial charge in [-0.3, -0.25) is 14.4 Å². The summed E-state index contributed by atoms with van der Waals surface area (Å²) < 4.78 is 0. The highest BCUT2D eigenvalue weighted by atomic mass is 35.5. The van der Waals surface area contributed by atoms with Crippen LogP contribution in [0, 0.1) is 43.9 Å². The third-order valence-corrected chi connectivity index (χ3v) is 9.96. The van der Waals surface area contributed by atoms with Crippen LogP contribution in [0.1, 0.15) is 60.9 Å². The maximum absolute atomic E-state index is 14.0. The zero-order chi connectivity index (χ0) is 31.1. The number of hydrogen-bond donors (Lipinski definition) is 0. The predicted molar refractivity (Wildman–Crippen MR) is 168 cm³/mol. The van der Waals surface area contributed by atoms with Gasteiger partial charge in [0.15, 0.2) is 0 Å². The van der Waals surface area contributed by atoms with Crippen LogP contribution in [0.3, 0.4) is 0 Å². The van der Waals surface area contributed by atoms with Crippen LogP contribution >= 0.6 is 11.6 Å². The van der Waals surface area contributed by atoms with E-state index < -0.39 is 0 Å². The third-order valence-electron chi connectivity index (χ3n) is 9.55. The number of nitrogens with zero attached hydrogens (tertiary/aromatic N) is 6. The number of carbonyl (C=O) groups excluding carboxylic acids is 3. The molecule has 3 saturated heterocycles. The number of fused-ring (bicyclic) bond motifs is 1. The van der Waals surface area contributed by atoms with E-state index in [1.807, 2.05) is 53.7 Å². The standard InChI is InChI=1S/C33H45ClN6O3/c1-21-7-8-28(13-29(21)34)40(31(42)25-9-11-38(12-10-25)24(4)41)19-33(5,6)18-37-14-26-16-39(17-27(26)15-37)32(43)30-22(2)35-20-36-23(30)3/h7-8,13,20,25-27H,9-12,14-19H2,1-6H3. The average molecular weight is 609 g/mol. The Morgan fingerprint density at radius 1 is 0.953 bits per heavy atom. The lowest BCUT2D eigenvalue weighted by Gasteiger charge is -2.39. The number of piperidine rings is 1. The van der Waals surface area contributed by atoms with Crippen molar-refractivity contribution in [2.45, 2.75) is 54.4 Å². The Morgan fingerprint density at radius 2 is 1.56 bits per heavy atom. The fourth-order valence-corrected chi connectivity index (χ4v) is 7.41. The molecule has 4 heterocycles. The zero-order valence-electron chi connectivity index (χ0n) is 26.4. The summed E-state index contributed by atoms with van der Waals surface area (Å²) in [6, 6.07) is 5.87. The number of rotatable bonds is 7. The van der Waals surface area contributed by atoms with Crippen molar-refractivity contribution < 1.29 is 14.4 Å². The molecule has 0 aliphatic carbocycles. The second-order valence-corrected chi connectivity index (χ2v) is 14.1. The Hall–Kier alpha value is -3.04. The molecule has 3 aliphatic heterocycles. The molecule has 5 rings (SSSR count). The number of anilines is 1. The fraction of sp³-hybridized carbons (Fsp3) is 0.606. The van der Waals surface area contributed by atoms with Crippen LogP contribution in [0.4, 0.5) is 5.69 Å². The summed E-state index contributed by atoms with van der Waals surface area (Å²) in [6.45, 7) is 17.8. The number of likely N-dealkylation sites (tertiary alicyclic amines) is 3. The summed E-state index contributed by atoms with van der Waals surface area (Å²) in [5.41, 5.74) is 3.72. The maximum atomic E-state index is 14.0. The van der Waals surface area contributed by atoms with Gasteiger partial charge in [-0.15, -0.1) is 0 Å². The van der Waals surface area contributed by atoms with E-state index in [0.29, 0.717) is 54.9 Å². The van der Waals surface area contributed by atoms with Gasteiger partial charge in [-0.1, -0.05) is 31.5 Å². The van der Waals surface area contributed by atoms with Gasteiger partial charge in [0.1, 0.15) is 6.33 Å². The first-order chi connectivity index (χ1) is 20.3. The SMILES string of the molecule is CC(=O)N1CCC(C(=O)N(CC(C)(C)CN2CC3CN(C(=O)c4c(C)ncnc4C)CC3C2)c2ccc(C)c(Cl)c2)CC1. The Bertz CT molecular complexity index is 1350. The normalized spacial score (nSPS) is 21.3. The lowest BCUT2D eigenvalue weighted by atomic mass is 9.89. The molecule has 0 bridgehead atoms. The van der Waals surface area contributed by atoms with Crippen LogP contribution in [-0.4, -0.2) is 94.7 Å². The Kier molecular flexibility index (Phi) is 9.14. The minimum Gasteiger partial charge on any atom is -0.343 e. The molecule has 9 nitrogen and oxygen atoms in total. The molecule has 0 N–H and O–H groups in total. The van der Waals surface area contributed by atoms with Crippen molar-refractivity contribution in [3.8, 4) is 0 Å². The first-order valence-corrected chi connectivity index (χ1v) is 15.8. The second-order valence-electron chi connectivity index (χ2n) is 13.6. The van der Waals surface area contributed by atoms with Gasteiger partial charge in [-0.25, -0.2) is 9.97 Å². The van der Waals surface area contributed by atoms with E-state index in [0.717, 1.165) is 55.4 Å². The number of amides is 3. The minimum absolute atomic E-state index is 0.0388. The fourth-order valence-electron chi connectivity index (χ4n) is 7.24. The van der Waals surface area contributed by atoms with Crippen LogP contribution in [0.5, 0.6) is 0 Å². The second kappa shape index (κ2) is 12.5. The molecule has 232 valence electrons. The van der Waals surface area contributed by atoms with Crippen LogP contribution < -0.4 is 4.90 Å². The molecule has 2 unspecified atom stereocenters. The number of aryl methyl sites for hydroxylation is 3. The van der Waals surface area contributed by atoms with Crippen molar-refractivity contribution in [3.05, 3.63) is 52.1 Å². The number of aromatic nitrogens is 2. The molecule has 0 spiro atoms. The molecule has 2 atom stereocenters. The molecule has 1 aromatic heterocycles. The molecule has 3 aliphatic rings. The minimum atomic E-state index is -0.184. The number of benzene rings is 1. The van der Waals surface area contributed by atoms with Gasteiger partial charge < -0.3 is 19.6 Å². The van der Waals surface area contributed by atoms with E-state index in [1.165, 1.54) is 6.33 Å². The smallest absolute Gasteiger partial charge is 0.257 e. The van der Waals surface area contributed by atoms with Crippen LogP contribution in [0.15, 0.2) is 24.5 Å². The van der Waals surface area contributed by atoms with Gasteiger partial charge in [0.2, 0.25) is 11.8 Å². The first-order valence-electron chi connectivity index (χ1n) is 15.5. The topological polar surface area (TPSA) is 90.0 Å². The Balaban J connectivity index is 1.24. The molecule has 1 aromatic carbocycles. The third kappa shape index (κ3) is 6.88. The number of carbonyl (C=O) groups is 3. The molecule has 10 heteroatoms. The van der Waals surface area contributed by atoms with Crippen molar-refractivity contribution in [1.29, 1.82) is 0 Å². The highest BCUT2D eigenvalue weighted by Gasteiger charge is 2.44. The van der Waals surface area contributed by atoms with Crippen LogP contribution in [0.25, 0.3) is 0 Å². The molecule has 2 aromatic rings. The largest absolute Gasteiger partial charge is 0.343 e. The summed E-state index contributed by atoms with van der Waals surface area (Å²) in [5, 5.41) is 0.651. The molecule has 0 saturated carbocycles. The van der Waals surface area contributed by atoms with Crippen LogP contribution in [0.2, 0.25) is 5.02 Å². The maximum Gasteiger partial charge on any atom is 0.257 e. The lowest BCUT2D eigenvalue weighted by molar-refractivity contribution is -0.133. The number of hydrogen-bond acceptors (Lipinski definition) is 6. The van der Waals surface area contributed by atoms with E-state index >= 15 is 0 Å². The van der Waals surface area contributed by atoms with Gasteiger partial charge >= 0.3 is 0 Å². The van der Waals surface area contributed by atoms with E-state index in [9.17, 15) is 14.4 Å². The van der Waals surface area contributed by atoms with Crippen molar-refractivity contribution in [2.24, 2.45) is 23.2 Å². The lowest BCUT2D eigenvalue weighted by Crippen LogP contribution is -2.48.